The number of nitrogens with zero attached hydrogens (tertiary/aromatic N) is 2. The van der Waals surface area contributed by atoms with Gasteiger partial charge in [0, 0.05) is 16.1 Å². The molecule has 0 bridgehead atoms. The average Bonchev–Trinajstić information content (AvgIpc) is 3.10. The minimum Gasteiger partial charge on any atom is -0.423 e. The van der Waals surface area contributed by atoms with E-state index in [4.69, 9.17) is 16.0 Å². The third kappa shape index (κ3) is 2.84. The molecule has 1 unspecified atom stereocenters. The maximum absolute atomic E-state index is 5.96. The van der Waals surface area contributed by atoms with Gasteiger partial charge in [0.1, 0.15) is 0 Å². The number of benzene rings is 1. The molecule has 4 nitrogen and oxygen atoms in total. The van der Waals surface area contributed by atoms with Crippen LogP contribution in [0.25, 0.3) is 11.5 Å². The van der Waals surface area contributed by atoms with E-state index in [2.05, 4.69) is 22.4 Å². The van der Waals surface area contributed by atoms with Gasteiger partial charge in [-0.2, -0.15) is 0 Å². The summed E-state index contributed by atoms with van der Waals surface area (Å²) in [6, 6.07) is 12.0. The first-order chi connectivity index (χ1) is 9.72. The maximum atomic E-state index is 5.96. The predicted octanol–water partition coefficient (Wildman–Crippen LogP) is 4.62. The van der Waals surface area contributed by atoms with Crippen LogP contribution in [0.1, 0.15) is 17.8 Å². The Morgan fingerprint density at radius 3 is 2.90 bits per heavy atom. The molecule has 20 heavy (non-hydrogen) atoms. The van der Waals surface area contributed by atoms with Gasteiger partial charge in [-0.05, 0) is 37.3 Å². The zero-order valence-electron chi connectivity index (χ0n) is 10.7. The molecule has 1 atom stereocenters. The summed E-state index contributed by atoms with van der Waals surface area (Å²) < 4.78 is 6.00. The van der Waals surface area contributed by atoms with Crippen LogP contribution in [0.3, 0.4) is 0 Å². The van der Waals surface area contributed by atoms with Crippen LogP contribution in [0.2, 0.25) is 4.34 Å². The van der Waals surface area contributed by atoms with E-state index in [1.54, 1.807) is 11.3 Å². The molecule has 2 heterocycles. The fraction of sp³-hybridized carbons (Fsp3) is 0.143. The highest BCUT2D eigenvalue weighted by atomic mass is 35.5. The Kier molecular flexibility index (Phi) is 3.71. The number of nitrogens with one attached hydrogen (secondary N) is 1. The number of hydrogen-bond acceptors (Lipinski definition) is 5. The van der Waals surface area contributed by atoms with E-state index in [1.165, 1.54) is 11.3 Å². The van der Waals surface area contributed by atoms with Crippen LogP contribution in [0.15, 0.2) is 47.2 Å². The van der Waals surface area contributed by atoms with Crippen molar-refractivity contribution in [2.75, 3.05) is 5.32 Å². The van der Waals surface area contributed by atoms with Crippen molar-refractivity contribution in [2.45, 2.75) is 13.0 Å². The van der Waals surface area contributed by atoms with E-state index in [-0.39, 0.29) is 6.04 Å². The highest BCUT2D eigenvalue weighted by molar-refractivity contribution is 7.16. The molecule has 6 heteroatoms. The fourth-order valence-electron chi connectivity index (χ4n) is 1.92. The van der Waals surface area contributed by atoms with Gasteiger partial charge >= 0.3 is 0 Å². The number of halogens is 1. The van der Waals surface area contributed by atoms with E-state index in [9.17, 15) is 0 Å². The lowest BCUT2D eigenvalue weighted by Crippen LogP contribution is -2.04. The van der Waals surface area contributed by atoms with Gasteiger partial charge in [-0.15, -0.1) is 21.5 Å². The molecule has 0 radical (unpaired) electrons. The smallest absolute Gasteiger partial charge is 0.247 e. The molecule has 0 spiro atoms. The number of rotatable bonds is 4. The Balaban J connectivity index is 1.79. The molecule has 1 N–H and O–H groups in total. The third-order valence-corrected chi connectivity index (χ3v) is 4.29. The van der Waals surface area contributed by atoms with Crippen LogP contribution < -0.4 is 5.32 Å². The molecule has 0 aliphatic rings. The van der Waals surface area contributed by atoms with Gasteiger partial charge in [-0.25, -0.2) is 0 Å². The van der Waals surface area contributed by atoms with Crippen molar-refractivity contribution in [3.05, 3.63) is 52.0 Å². The van der Waals surface area contributed by atoms with Crippen molar-refractivity contribution >= 4 is 28.6 Å². The second-order valence-electron chi connectivity index (χ2n) is 4.33. The monoisotopic (exact) mass is 305 g/mol. The highest BCUT2D eigenvalue weighted by Gasteiger charge is 2.09. The molecule has 3 aromatic rings. The Bertz CT molecular complexity index is 696. The van der Waals surface area contributed by atoms with Crippen molar-refractivity contribution in [3.63, 3.8) is 0 Å². The molecule has 0 aliphatic heterocycles. The first-order valence-corrected chi connectivity index (χ1v) is 7.30. The lowest BCUT2D eigenvalue weighted by atomic mass is 10.2. The van der Waals surface area contributed by atoms with Crippen molar-refractivity contribution in [2.24, 2.45) is 0 Å². The zero-order valence-corrected chi connectivity index (χ0v) is 12.3. The third-order valence-electron chi connectivity index (χ3n) is 2.87. The first kappa shape index (κ1) is 13.1. The largest absolute Gasteiger partial charge is 0.423 e. The number of anilines is 1. The Hall–Kier alpha value is -1.85. The molecular formula is C14H12ClN3OS. The molecule has 1 aromatic carbocycles. The van der Waals surface area contributed by atoms with Gasteiger partial charge in [-0.1, -0.05) is 17.7 Å². The summed E-state index contributed by atoms with van der Waals surface area (Å²) in [4.78, 5) is 1.19. The fourth-order valence-corrected chi connectivity index (χ4v) is 2.99. The molecular weight excluding hydrogens is 294 g/mol. The summed E-state index contributed by atoms with van der Waals surface area (Å²) in [5.41, 5.74) is 1.89. The topological polar surface area (TPSA) is 51.0 Å². The predicted molar refractivity (Wildman–Crippen MR) is 81.1 cm³/mol. The molecule has 0 amide bonds. The quantitative estimate of drug-likeness (QED) is 0.764. The van der Waals surface area contributed by atoms with Crippen LogP contribution in [-0.4, -0.2) is 10.2 Å². The van der Waals surface area contributed by atoms with Crippen molar-refractivity contribution in [1.29, 1.82) is 0 Å². The van der Waals surface area contributed by atoms with E-state index in [0.717, 1.165) is 15.6 Å². The second-order valence-corrected chi connectivity index (χ2v) is 6.08. The Morgan fingerprint density at radius 2 is 2.20 bits per heavy atom. The summed E-state index contributed by atoms with van der Waals surface area (Å²) in [5, 5.41) is 11.0. The standard InChI is InChI=1S/C14H12ClN3OS/c1-9(12-5-6-13(15)20-12)17-11-4-2-3-10(7-11)14-18-16-8-19-14/h2-9,17H,1H3. The molecule has 2 aromatic heterocycles. The van der Waals surface area contributed by atoms with Crippen LogP contribution in [-0.2, 0) is 0 Å². The van der Waals surface area contributed by atoms with Crippen molar-refractivity contribution < 1.29 is 4.42 Å². The van der Waals surface area contributed by atoms with Gasteiger partial charge < -0.3 is 9.73 Å². The maximum Gasteiger partial charge on any atom is 0.247 e. The minimum atomic E-state index is 0.186. The van der Waals surface area contributed by atoms with Crippen LogP contribution in [0.4, 0.5) is 5.69 Å². The molecule has 0 saturated carbocycles. The summed E-state index contributed by atoms with van der Waals surface area (Å²) >= 11 is 7.54. The molecule has 3 rings (SSSR count). The van der Waals surface area contributed by atoms with Crippen molar-refractivity contribution in [1.82, 2.24) is 10.2 Å². The van der Waals surface area contributed by atoms with Gasteiger partial charge in [0.15, 0.2) is 0 Å². The number of hydrogen-bond donors (Lipinski definition) is 1. The summed E-state index contributed by atoms with van der Waals surface area (Å²) in [7, 11) is 0. The summed E-state index contributed by atoms with van der Waals surface area (Å²) in [6.45, 7) is 2.10. The molecule has 0 aliphatic carbocycles. The highest BCUT2D eigenvalue weighted by Crippen LogP contribution is 2.29. The average molecular weight is 306 g/mol. The SMILES string of the molecule is CC(Nc1cccc(-c2nnco2)c1)c1ccc(Cl)s1. The van der Waals surface area contributed by atoms with E-state index >= 15 is 0 Å². The summed E-state index contributed by atoms with van der Waals surface area (Å²) in [6.07, 6.45) is 1.33. The lowest BCUT2D eigenvalue weighted by molar-refractivity contribution is 0.568. The van der Waals surface area contributed by atoms with Gasteiger partial charge in [0.05, 0.1) is 10.4 Å². The lowest BCUT2D eigenvalue weighted by Gasteiger charge is -2.14. The molecule has 0 saturated heterocycles. The Morgan fingerprint density at radius 1 is 1.30 bits per heavy atom. The van der Waals surface area contributed by atoms with Gasteiger partial charge in [0.25, 0.3) is 0 Å². The zero-order chi connectivity index (χ0) is 13.9. The van der Waals surface area contributed by atoms with Crippen LogP contribution >= 0.6 is 22.9 Å². The summed E-state index contributed by atoms with van der Waals surface area (Å²) in [5.74, 6) is 0.514. The Labute approximate surface area is 125 Å². The van der Waals surface area contributed by atoms with Crippen LogP contribution in [0, 0.1) is 0 Å². The van der Waals surface area contributed by atoms with E-state index in [0.29, 0.717) is 5.89 Å². The van der Waals surface area contributed by atoms with Gasteiger partial charge in [-0.3, -0.25) is 0 Å². The van der Waals surface area contributed by atoms with Crippen molar-refractivity contribution in [3.8, 4) is 11.5 Å². The number of thiophene rings is 1. The number of aromatic nitrogens is 2. The first-order valence-electron chi connectivity index (χ1n) is 6.11. The van der Waals surface area contributed by atoms with E-state index < -0.39 is 0 Å². The van der Waals surface area contributed by atoms with Gasteiger partial charge in [0.2, 0.25) is 12.3 Å². The normalized spacial score (nSPS) is 12.3. The molecule has 102 valence electrons. The van der Waals surface area contributed by atoms with E-state index in [1.807, 2.05) is 36.4 Å². The second kappa shape index (κ2) is 5.64. The molecule has 0 fully saturated rings. The minimum absolute atomic E-state index is 0.186. The van der Waals surface area contributed by atoms with Crippen LogP contribution in [0.5, 0.6) is 0 Å².